The molecule has 0 aliphatic carbocycles. The summed E-state index contributed by atoms with van der Waals surface area (Å²) in [6.45, 7) is 3.00. The van der Waals surface area contributed by atoms with Crippen LogP contribution in [-0.2, 0) is 0 Å². The smallest absolute Gasteiger partial charge is 0.237 e. The molecule has 0 atom stereocenters. The third-order valence-electron chi connectivity index (χ3n) is 3.13. The molecular weight excluding hydrogens is 240 g/mol. The van der Waals surface area contributed by atoms with Crippen LogP contribution in [0.5, 0.6) is 5.88 Å². The Labute approximate surface area is 111 Å². The van der Waals surface area contributed by atoms with Crippen LogP contribution in [0, 0.1) is 0 Å². The third-order valence-corrected chi connectivity index (χ3v) is 3.13. The van der Waals surface area contributed by atoms with Crippen LogP contribution < -0.4 is 10.1 Å². The Bertz CT molecular complexity index is 621. The molecule has 3 rings (SSSR count). The lowest BCUT2D eigenvalue weighted by molar-refractivity contribution is 0.101. The van der Waals surface area contributed by atoms with Gasteiger partial charge in [0.25, 0.3) is 0 Å². The number of benzene rings is 1. The summed E-state index contributed by atoms with van der Waals surface area (Å²) in [6, 6.07) is 9.56. The van der Waals surface area contributed by atoms with Crippen LogP contribution in [0.1, 0.15) is 17.3 Å². The van der Waals surface area contributed by atoms with Gasteiger partial charge in [-0.3, -0.25) is 4.79 Å². The van der Waals surface area contributed by atoms with Gasteiger partial charge in [-0.2, -0.15) is 0 Å². The molecule has 19 heavy (non-hydrogen) atoms. The quantitative estimate of drug-likeness (QED) is 0.837. The number of pyridine rings is 1. The first-order valence-corrected chi connectivity index (χ1v) is 6.22. The fourth-order valence-electron chi connectivity index (χ4n) is 2.08. The van der Waals surface area contributed by atoms with Crippen LogP contribution in [0.2, 0.25) is 0 Å². The minimum absolute atomic E-state index is 0.0742. The van der Waals surface area contributed by atoms with Gasteiger partial charge in [0.2, 0.25) is 5.88 Å². The molecule has 2 aromatic rings. The molecule has 1 aromatic carbocycles. The lowest BCUT2D eigenvalue weighted by Gasteiger charge is -2.18. The number of rotatable bonds is 2. The van der Waals surface area contributed by atoms with Gasteiger partial charge < -0.3 is 10.1 Å². The lowest BCUT2D eigenvalue weighted by atomic mass is 10.0. The van der Waals surface area contributed by atoms with E-state index in [2.05, 4.69) is 10.3 Å². The van der Waals surface area contributed by atoms with Gasteiger partial charge in [-0.1, -0.05) is 24.3 Å². The number of aromatic nitrogens is 1. The molecule has 0 bridgehead atoms. The van der Waals surface area contributed by atoms with E-state index < -0.39 is 0 Å². The Kier molecular flexibility index (Phi) is 2.91. The molecule has 2 heterocycles. The zero-order valence-corrected chi connectivity index (χ0v) is 10.6. The summed E-state index contributed by atoms with van der Waals surface area (Å²) in [5.41, 5.74) is 3.68. The second-order valence-corrected chi connectivity index (χ2v) is 4.49. The fourth-order valence-corrected chi connectivity index (χ4v) is 2.08. The van der Waals surface area contributed by atoms with Crippen molar-refractivity contribution >= 4 is 11.5 Å². The van der Waals surface area contributed by atoms with Crippen molar-refractivity contribution in [1.82, 2.24) is 4.98 Å². The number of ketones is 1. The summed E-state index contributed by atoms with van der Waals surface area (Å²) in [5.74, 6) is 0.723. The maximum absolute atomic E-state index is 11.2. The Morgan fingerprint density at radius 1 is 1.26 bits per heavy atom. The van der Waals surface area contributed by atoms with Gasteiger partial charge in [0.05, 0.1) is 5.69 Å². The summed E-state index contributed by atoms with van der Waals surface area (Å²) >= 11 is 0. The number of ether oxygens (including phenoxy) is 1. The molecule has 0 unspecified atom stereocenters. The molecule has 0 fully saturated rings. The SMILES string of the molecule is CC(=O)c1ccc(-c2cnc3c(c2)NCCO3)cc1. The van der Waals surface area contributed by atoms with Crippen molar-refractivity contribution in [2.75, 3.05) is 18.5 Å². The molecule has 0 spiro atoms. The van der Waals surface area contributed by atoms with E-state index in [0.717, 1.165) is 28.9 Å². The van der Waals surface area contributed by atoms with Crippen molar-refractivity contribution < 1.29 is 9.53 Å². The average Bonchev–Trinajstić information content (AvgIpc) is 2.47. The predicted octanol–water partition coefficient (Wildman–Crippen LogP) is 2.76. The summed E-state index contributed by atoms with van der Waals surface area (Å²) in [6.07, 6.45) is 1.79. The van der Waals surface area contributed by atoms with Crippen LogP contribution in [0.25, 0.3) is 11.1 Å². The number of fused-ring (bicyclic) bond motifs is 1. The number of anilines is 1. The van der Waals surface area contributed by atoms with Crippen LogP contribution in [-0.4, -0.2) is 23.9 Å². The highest BCUT2D eigenvalue weighted by Gasteiger charge is 2.12. The van der Waals surface area contributed by atoms with E-state index in [0.29, 0.717) is 12.5 Å². The van der Waals surface area contributed by atoms with Crippen molar-refractivity contribution in [3.05, 3.63) is 42.1 Å². The number of nitrogens with zero attached hydrogens (tertiary/aromatic N) is 1. The average molecular weight is 254 g/mol. The molecular formula is C15H14N2O2. The highest BCUT2D eigenvalue weighted by molar-refractivity contribution is 5.94. The summed E-state index contributed by atoms with van der Waals surface area (Å²) in [5, 5.41) is 3.26. The van der Waals surface area contributed by atoms with Crippen molar-refractivity contribution in [3.63, 3.8) is 0 Å². The van der Waals surface area contributed by atoms with Gasteiger partial charge in [0.15, 0.2) is 5.78 Å². The van der Waals surface area contributed by atoms with Gasteiger partial charge in [-0.25, -0.2) is 4.98 Å². The van der Waals surface area contributed by atoms with Crippen LogP contribution >= 0.6 is 0 Å². The number of hydrogen-bond acceptors (Lipinski definition) is 4. The van der Waals surface area contributed by atoms with E-state index in [4.69, 9.17) is 4.74 Å². The van der Waals surface area contributed by atoms with Gasteiger partial charge in [0, 0.05) is 23.9 Å². The minimum Gasteiger partial charge on any atom is -0.474 e. The molecule has 0 saturated carbocycles. The second-order valence-electron chi connectivity index (χ2n) is 4.49. The van der Waals surface area contributed by atoms with Gasteiger partial charge >= 0.3 is 0 Å². The minimum atomic E-state index is 0.0742. The zero-order chi connectivity index (χ0) is 13.2. The predicted molar refractivity (Wildman–Crippen MR) is 73.7 cm³/mol. The molecule has 96 valence electrons. The van der Waals surface area contributed by atoms with Crippen molar-refractivity contribution in [2.45, 2.75) is 6.92 Å². The van der Waals surface area contributed by atoms with Crippen LogP contribution in [0.4, 0.5) is 5.69 Å². The maximum Gasteiger partial charge on any atom is 0.237 e. The van der Waals surface area contributed by atoms with E-state index in [-0.39, 0.29) is 5.78 Å². The number of Topliss-reactive ketones (excluding diaryl/α,β-unsaturated/α-hetero) is 1. The summed E-state index contributed by atoms with van der Waals surface area (Å²) in [4.78, 5) is 15.5. The third kappa shape index (κ3) is 2.29. The monoisotopic (exact) mass is 254 g/mol. The highest BCUT2D eigenvalue weighted by Crippen LogP contribution is 2.29. The Hall–Kier alpha value is -2.36. The maximum atomic E-state index is 11.2. The van der Waals surface area contributed by atoms with E-state index in [9.17, 15) is 4.79 Å². The fraction of sp³-hybridized carbons (Fsp3) is 0.200. The highest BCUT2D eigenvalue weighted by atomic mass is 16.5. The molecule has 0 radical (unpaired) electrons. The molecule has 4 nitrogen and oxygen atoms in total. The van der Waals surface area contributed by atoms with Crippen molar-refractivity contribution in [3.8, 4) is 17.0 Å². The van der Waals surface area contributed by atoms with E-state index in [1.54, 1.807) is 13.1 Å². The van der Waals surface area contributed by atoms with Crippen LogP contribution in [0.3, 0.4) is 0 Å². The first-order valence-electron chi connectivity index (χ1n) is 6.22. The number of carbonyl (C=O) groups is 1. The van der Waals surface area contributed by atoms with Crippen molar-refractivity contribution in [2.24, 2.45) is 0 Å². The normalized spacial score (nSPS) is 13.1. The number of nitrogens with one attached hydrogen (secondary N) is 1. The second kappa shape index (κ2) is 4.72. The standard InChI is InChI=1S/C15H14N2O2/c1-10(18)11-2-4-12(5-3-11)13-8-14-15(17-9-13)19-7-6-16-14/h2-5,8-9,16H,6-7H2,1H3. The summed E-state index contributed by atoms with van der Waals surface area (Å²) in [7, 11) is 0. The topological polar surface area (TPSA) is 51.2 Å². The number of carbonyl (C=O) groups excluding carboxylic acids is 1. The first-order chi connectivity index (χ1) is 9.24. The van der Waals surface area contributed by atoms with Gasteiger partial charge in [-0.15, -0.1) is 0 Å². The lowest BCUT2D eigenvalue weighted by Crippen LogP contribution is -2.18. The van der Waals surface area contributed by atoms with E-state index >= 15 is 0 Å². The Morgan fingerprint density at radius 2 is 2.05 bits per heavy atom. The summed E-state index contributed by atoms with van der Waals surface area (Å²) < 4.78 is 5.45. The molecule has 1 N–H and O–H groups in total. The van der Waals surface area contributed by atoms with Crippen molar-refractivity contribution in [1.29, 1.82) is 0 Å². The molecule has 1 aliphatic heterocycles. The molecule has 0 saturated heterocycles. The molecule has 1 aromatic heterocycles. The molecule has 4 heteroatoms. The zero-order valence-electron chi connectivity index (χ0n) is 10.6. The first kappa shape index (κ1) is 11.7. The van der Waals surface area contributed by atoms with Gasteiger partial charge in [-0.05, 0) is 18.6 Å². The largest absolute Gasteiger partial charge is 0.474 e. The Balaban J connectivity index is 1.95. The molecule has 1 aliphatic rings. The molecule has 0 amide bonds. The van der Waals surface area contributed by atoms with E-state index in [1.165, 1.54) is 0 Å². The van der Waals surface area contributed by atoms with E-state index in [1.807, 2.05) is 30.3 Å². The Morgan fingerprint density at radius 3 is 2.79 bits per heavy atom. The van der Waals surface area contributed by atoms with Gasteiger partial charge in [0.1, 0.15) is 6.61 Å². The number of hydrogen-bond donors (Lipinski definition) is 1. The van der Waals surface area contributed by atoms with Crippen LogP contribution in [0.15, 0.2) is 36.5 Å².